The fourth-order valence-electron chi connectivity index (χ4n) is 1.45. The summed E-state index contributed by atoms with van der Waals surface area (Å²) in [4.78, 5) is 15.9. The molecule has 4 heteroatoms. The van der Waals surface area contributed by atoms with E-state index in [4.69, 9.17) is 11.8 Å². The van der Waals surface area contributed by atoms with Crippen molar-refractivity contribution in [1.29, 1.82) is 0 Å². The van der Waals surface area contributed by atoms with Crippen molar-refractivity contribution in [3.63, 3.8) is 0 Å². The normalized spacial score (nSPS) is 25.2. The van der Waals surface area contributed by atoms with Gasteiger partial charge in [-0.25, -0.2) is 4.84 Å². The van der Waals surface area contributed by atoms with Gasteiger partial charge in [-0.15, -0.1) is 0 Å². The fourth-order valence-corrected chi connectivity index (χ4v) is 1.65. The van der Waals surface area contributed by atoms with E-state index in [0.717, 1.165) is 13.0 Å². The van der Waals surface area contributed by atoms with Crippen LogP contribution in [0.2, 0.25) is 0 Å². The van der Waals surface area contributed by atoms with E-state index in [1.165, 1.54) is 0 Å². The molecule has 0 spiro atoms. The summed E-state index contributed by atoms with van der Waals surface area (Å²) in [6, 6.07) is -0.189. The zero-order valence-electron chi connectivity index (χ0n) is 7.72. The highest BCUT2D eigenvalue weighted by Crippen LogP contribution is 2.21. The largest absolute Gasteiger partial charge is 0.336 e. The van der Waals surface area contributed by atoms with Gasteiger partial charge >= 0.3 is 0 Å². The predicted octanol–water partition coefficient (Wildman–Crippen LogP) is 1.13. The van der Waals surface area contributed by atoms with Crippen LogP contribution in [-0.4, -0.2) is 28.9 Å². The Balaban J connectivity index is 2.67. The number of rotatable bonds is 1. The Morgan fingerprint density at radius 3 is 2.42 bits per heavy atom. The average Bonchev–Trinajstić information content (AvgIpc) is 2.29. The van der Waals surface area contributed by atoms with Crippen molar-refractivity contribution in [3.8, 4) is 0 Å². The Labute approximate surface area is 78.2 Å². The summed E-state index contributed by atoms with van der Waals surface area (Å²) >= 11 is 5.42. The third-order valence-corrected chi connectivity index (χ3v) is 2.41. The van der Waals surface area contributed by atoms with Gasteiger partial charge in [0.15, 0.2) is 0 Å². The molecule has 0 aromatic rings. The maximum Gasteiger partial charge on any atom is 0.241 e. The predicted molar refractivity (Wildman–Crippen MR) is 48.9 cm³/mol. The number of carbonyl (C=O) groups is 1. The first-order valence-electron chi connectivity index (χ1n) is 4.14. The van der Waals surface area contributed by atoms with Gasteiger partial charge in [-0.2, -0.15) is 0 Å². The number of amides is 1. The highest BCUT2D eigenvalue weighted by molar-refractivity contribution is 6.15. The molecule has 1 fully saturated rings. The molecule has 1 amide bonds. The number of likely N-dealkylation sites (tertiary alicyclic amines) is 1. The van der Waals surface area contributed by atoms with Gasteiger partial charge in [0.25, 0.3) is 0 Å². The second-order valence-electron chi connectivity index (χ2n) is 4.11. The maximum absolute atomic E-state index is 11.6. The molecule has 1 unspecified atom stereocenters. The first-order chi connectivity index (χ1) is 5.46. The molecule has 0 radical (unpaired) electrons. The number of nitrogens with one attached hydrogen (secondary N) is 1. The van der Waals surface area contributed by atoms with Gasteiger partial charge in [-0.3, -0.25) is 4.79 Å². The topological polar surface area (TPSA) is 32.3 Å². The van der Waals surface area contributed by atoms with Gasteiger partial charge < -0.3 is 4.90 Å². The van der Waals surface area contributed by atoms with Crippen LogP contribution in [0.1, 0.15) is 27.2 Å². The molecule has 0 bridgehead atoms. The van der Waals surface area contributed by atoms with Crippen LogP contribution >= 0.6 is 11.8 Å². The van der Waals surface area contributed by atoms with Gasteiger partial charge in [0.05, 0.1) is 0 Å². The van der Waals surface area contributed by atoms with Crippen LogP contribution < -0.4 is 4.84 Å². The second-order valence-corrected chi connectivity index (χ2v) is 4.33. The Bertz CT molecular complexity index is 188. The van der Waals surface area contributed by atoms with E-state index >= 15 is 0 Å². The average molecular weight is 191 g/mol. The van der Waals surface area contributed by atoms with Crippen molar-refractivity contribution in [2.24, 2.45) is 0 Å². The smallest absolute Gasteiger partial charge is 0.241 e. The lowest BCUT2D eigenvalue weighted by atomic mass is 10.1. The van der Waals surface area contributed by atoms with Crippen molar-refractivity contribution in [1.82, 2.24) is 9.74 Å². The van der Waals surface area contributed by atoms with Crippen molar-refractivity contribution in [2.45, 2.75) is 38.8 Å². The molecule has 1 saturated heterocycles. The van der Waals surface area contributed by atoms with Crippen LogP contribution in [-0.2, 0) is 4.79 Å². The molecule has 0 aromatic carbocycles. The minimum absolute atomic E-state index is 0.0838. The minimum Gasteiger partial charge on any atom is -0.336 e. The Morgan fingerprint density at radius 1 is 1.58 bits per heavy atom. The highest BCUT2D eigenvalue weighted by atomic mass is 35.5. The molecule has 70 valence electrons. The SMILES string of the molecule is CC(C)(C)N1CCC(NCl)C1=O. The molecule has 0 aliphatic carbocycles. The Kier molecular flexibility index (Phi) is 2.64. The first kappa shape index (κ1) is 9.81. The molecule has 3 nitrogen and oxygen atoms in total. The molecule has 12 heavy (non-hydrogen) atoms. The van der Waals surface area contributed by atoms with E-state index in [-0.39, 0.29) is 17.5 Å². The monoisotopic (exact) mass is 190 g/mol. The molecular weight excluding hydrogens is 176 g/mol. The second kappa shape index (κ2) is 3.23. The minimum atomic E-state index is -0.189. The summed E-state index contributed by atoms with van der Waals surface area (Å²) in [6.07, 6.45) is 0.805. The van der Waals surface area contributed by atoms with Crippen LogP contribution in [0.25, 0.3) is 0 Å². The number of nitrogens with zero attached hydrogens (tertiary/aromatic N) is 1. The Morgan fingerprint density at radius 2 is 2.17 bits per heavy atom. The van der Waals surface area contributed by atoms with Crippen LogP contribution in [0.15, 0.2) is 0 Å². The quantitative estimate of drug-likeness (QED) is 0.629. The zero-order chi connectivity index (χ0) is 9.35. The van der Waals surface area contributed by atoms with Crippen molar-refractivity contribution in [3.05, 3.63) is 0 Å². The molecular formula is C8H15ClN2O. The summed E-state index contributed by atoms with van der Waals surface area (Å²) in [5.41, 5.74) is -0.0838. The van der Waals surface area contributed by atoms with E-state index in [2.05, 4.69) is 4.84 Å². The van der Waals surface area contributed by atoms with Gasteiger partial charge in [-0.1, -0.05) is 0 Å². The fraction of sp³-hybridized carbons (Fsp3) is 0.875. The lowest BCUT2D eigenvalue weighted by Crippen LogP contribution is -2.45. The van der Waals surface area contributed by atoms with Gasteiger partial charge in [-0.05, 0) is 39.0 Å². The standard InChI is InChI=1S/C8H15ClN2O/c1-8(2,3)11-5-4-6(10-9)7(11)12/h6,10H,4-5H2,1-3H3. The Hall–Kier alpha value is -0.280. The molecule has 0 aromatic heterocycles. The molecule has 1 atom stereocenters. The van der Waals surface area contributed by atoms with E-state index in [9.17, 15) is 4.79 Å². The molecule has 0 saturated carbocycles. The van der Waals surface area contributed by atoms with Crippen molar-refractivity contribution in [2.75, 3.05) is 6.54 Å². The summed E-state index contributed by atoms with van der Waals surface area (Å²) in [6.45, 7) is 6.89. The van der Waals surface area contributed by atoms with E-state index < -0.39 is 0 Å². The number of halogens is 1. The lowest BCUT2D eigenvalue weighted by Gasteiger charge is -2.31. The van der Waals surface area contributed by atoms with Crippen LogP contribution in [0.3, 0.4) is 0 Å². The van der Waals surface area contributed by atoms with Crippen LogP contribution in [0.4, 0.5) is 0 Å². The van der Waals surface area contributed by atoms with Gasteiger partial charge in [0.1, 0.15) is 6.04 Å². The van der Waals surface area contributed by atoms with Gasteiger partial charge in [0.2, 0.25) is 5.91 Å². The van der Waals surface area contributed by atoms with E-state index in [1.54, 1.807) is 0 Å². The van der Waals surface area contributed by atoms with Crippen LogP contribution in [0, 0.1) is 0 Å². The number of hydrogen-bond donors (Lipinski definition) is 1. The number of carbonyl (C=O) groups excluding carboxylic acids is 1. The lowest BCUT2D eigenvalue weighted by molar-refractivity contribution is -0.132. The van der Waals surface area contributed by atoms with E-state index in [0.29, 0.717) is 0 Å². The summed E-state index contributed by atoms with van der Waals surface area (Å²) in [5, 5.41) is 0. The third-order valence-electron chi connectivity index (χ3n) is 2.15. The van der Waals surface area contributed by atoms with Gasteiger partial charge in [0, 0.05) is 12.1 Å². The molecule has 1 aliphatic rings. The summed E-state index contributed by atoms with van der Waals surface area (Å²) in [7, 11) is 0. The third kappa shape index (κ3) is 1.72. The highest BCUT2D eigenvalue weighted by Gasteiger charge is 2.36. The molecule has 1 aliphatic heterocycles. The number of hydrogen-bond acceptors (Lipinski definition) is 2. The van der Waals surface area contributed by atoms with E-state index in [1.807, 2.05) is 25.7 Å². The summed E-state index contributed by atoms with van der Waals surface area (Å²) in [5.74, 6) is 0.109. The molecule has 1 heterocycles. The van der Waals surface area contributed by atoms with Crippen LogP contribution in [0.5, 0.6) is 0 Å². The maximum atomic E-state index is 11.6. The molecule has 1 rings (SSSR count). The first-order valence-corrected chi connectivity index (χ1v) is 4.52. The molecule has 1 N–H and O–H groups in total. The van der Waals surface area contributed by atoms with Crippen molar-refractivity contribution < 1.29 is 4.79 Å². The van der Waals surface area contributed by atoms with Crippen molar-refractivity contribution >= 4 is 17.7 Å². The summed E-state index contributed by atoms with van der Waals surface area (Å²) < 4.78 is 0. The zero-order valence-corrected chi connectivity index (χ0v) is 8.48.